The van der Waals surface area contributed by atoms with Crippen molar-refractivity contribution in [2.75, 3.05) is 7.11 Å². The number of phenols is 1. The Morgan fingerprint density at radius 1 is 1.23 bits per heavy atom. The fraction of sp³-hybridized carbons (Fsp3) is 0.238. The number of aromatic hydroxyl groups is 1. The van der Waals surface area contributed by atoms with Gasteiger partial charge < -0.3 is 14.3 Å². The maximum Gasteiger partial charge on any atom is 0.204 e. The third-order valence-electron chi connectivity index (χ3n) is 4.55. The van der Waals surface area contributed by atoms with Gasteiger partial charge in [0.15, 0.2) is 0 Å². The number of Topliss-reactive ketones (excluding diaryl/α,β-unsaturated/α-hetero) is 1. The molecule has 1 N–H and O–H groups in total. The van der Waals surface area contributed by atoms with Crippen LogP contribution in [0.15, 0.2) is 51.9 Å². The summed E-state index contributed by atoms with van der Waals surface area (Å²) in [6.07, 6.45) is 1.87. The monoisotopic (exact) mass is 352 g/mol. The van der Waals surface area contributed by atoms with E-state index in [1.165, 1.54) is 19.3 Å². The van der Waals surface area contributed by atoms with Gasteiger partial charge in [0.2, 0.25) is 5.43 Å². The number of ketones is 1. The molecule has 0 fully saturated rings. The molecule has 3 aromatic rings. The molecule has 0 saturated heterocycles. The Kier molecular flexibility index (Phi) is 4.80. The molecule has 1 unspecified atom stereocenters. The van der Waals surface area contributed by atoms with Gasteiger partial charge in [0.05, 0.1) is 12.7 Å². The SMILES string of the molecule is COc1ccc(-c2coc3cc(CC(C)C(C)=O)cc(O)c3c2=O)cc1. The fourth-order valence-corrected chi connectivity index (χ4v) is 2.87. The quantitative estimate of drug-likeness (QED) is 0.752. The molecule has 134 valence electrons. The van der Waals surface area contributed by atoms with Gasteiger partial charge in [-0.2, -0.15) is 0 Å². The molecular formula is C21H20O5. The third kappa shape index (κ3) is 3.33. The zero-order valence-corrected chi connectivity index (χ0v) is 14.9. The van der Waals surface area contributed by atoms with Crippen molar-refractivity contribution in [2.45, 2.75) is 20.3 Å². The molecule has 2 aromatic carbocycles. The molecule has 26 heavy (non-hydrogen) atoms. The smallest absolute Gasteiger partial charge is 0.204 e. The van der Waals surface area contributed by atoms with Crippen LogP contribution in [0, 0.1) is 5.92 Å². The molecule has 1 atom stereocenters. The minimum absolute atomic E-state index is 0.0703. The van der Waals surface area contributed by atoms with E-state index < -0.39 is 0 Å². The molecule has 0 aliphatic rings. The summed E-state index contributed by atoms with van der Waals surface area (Å²) in [5.74, 6) is 0.446. The summed E-state index contributed by atoms with van der Waals surface area (Å²) in [5, 5.41) is 10.5. The van der Waals surface area contributed by atoms with E-state index in [1.807, 2.05) is 6.92 Å². The first-order chi connectivity index (χ1) is 12.4. The molecule has 1 heterocycles. The van der Waals surface area contributed by atoms with Gasteiger partial charge in [-0.3, -0.25) is 9.59 Å². The van der Waals surface area contributed by atoms with Crippen LogP contribution in [0.5, 0.6) is 11.5 Å². The number of phenolic OH excluding ortho intramolecular Hbond substituents is 1. The van der Waals surface area contributed by atoms with Gasteiger partial charge in [-0.15, -0.1) is 0 Å². The second kappa shape index (κ2) is 7.04. The van der Waals surface area contributed by atoms with Crippen molar-refractivity contribution in [1.82, 2.24) is 0 Å². The highest BCUT2D eigenvalue weighted by atomic mass is 16.5. The van der Waals surface area contributed by atoms with E-state index in [2.05, 4.69) is 0 Å². The second-order valence-electron chi connectivity index (χ2n) is 6.41. The second-order valence-corrected chi connectivity index (χ2v) is 6.41. The average Bonchev–Trinajstić information content (AvgIpc) is 2.61. The molecular weight excluding hydrogens is 332 g/mol. The molecule has 0 radical (unpaired) electrons. The topological polar surface area (TPSA) is 76.7 Å². The predicted molar refractivity (Wildman–Crippen MR) is 99.7 cm³/mol. The first kappa shape index (κ1) is 17.7. The molecule has 3 rings (SSSR count). The highest BCUT2D eigenvalue weighted by molar-refractivity contribution is 5.87. The Bertz CT molecular complexity index is 1010. The Morgan fingerprint density at radius 2 is 1.92 bits per heavy atom. The van der Waals surface area contributed by atoms with Gasteiger partial charge in [-0.25, -0.2) is 0 Å². The average molecular weight is 352 g/mol. The maximum atomic E-state index is 12.8. The molecule has 0 amide bonds. The van der Waals surface area contributed by atoms with Crippen LogP contribution in [0.1, 0.15) is 19.4 Å². The lowest BCUT2D eigenvalue weighted by molar-refractivity contribution is -0.120. The molecule has 5 nitrogen and oxygen atoms in total. The lowest BCUT2D eigenvalue weighted by atomic mass is 9.96. The van der Waals surface area contributed by atoms with Crippen LogP contribution in [-0.2, 0) is 11.2 Å². The van der Waals surface area contributed by atoms with E-state index in [4.69, 9.17) is 9.15 Å². The van der Waals surface area contributed by atoms with Gasteiger partial charge >= 0.3 is 0 Å². The van der Waals surface area contributed by atoms with E-state index in [-0.39, 0.29) is 28.3 Å². The van der Waals surface area contributed by atoms with Crippen molar-refractivity contribution in [3.63, 3.8) is 0 Å². The first-order valence-corrected chi connectivity index (χ1v) is 8.33. The van der Waals surface area contributed by atoms with Crippen molar-refractivity contribution in [2.24, 2.45) is 5.92 Å². The zero-order valence-electron chi connectivity index (χ0n) is 14.9. The first-order valence-electron chi connectivity index (χ1n) is 8.33. The highest BCUT2D eigenvalue weighted by Gasteiger charge is 2.16. The Hall–Kier alpha value is -3.08. The lowest BCUT2D eigenvalue weighted by Gasteiger charge is -2.10. The molecule has 5 heteroatoms. The number of fused-ring (bicyclic) bond motifs is 1. The number of carbonyl (C=O) groups excluding carboxylic acids is 1. The number of carbonyl (C=O) groups is 1. The number of hydrogen-bond donors (Lipinski definition) is 1. The van der Waals surface area contributed by atoms with Crippen LogP contribution in [0.25, 0.3) is 22.1 Å². The largest absolute Gasteiger partial charge is 0.507 e. The van der Waals surface area contributed by atoms with Gasteiger partial charge in [0.25, 0.3) is 0 Å². The van der Waals surface area contributed by atoms with E-state index in [0.29, 0.717) is 28.9 Å². The fourth-order valence-electron chi connectivity index (χ4n) is 2.87. The summed E-state index contributed by atoms with van der Waals surface area (Å²) in [5.41, 5.74) is 1.78. The summed E-state index contributed by atoms with van der Waals surface area (Å²) >= 11 is 0. The third-order valence-corrected chi connectivity index (χ3v) is 4.55. The zero-order chi connectivity index (χ0) is 18.8. The van der Waals surface area contributed by atoms with Crippen molar-refractivity contribution in [3.05, 3.63) is 58.4 Å². The summed E-state index contributed by atoms with van der Waals surface area (Å²) in [6.45, 7) is 3.36. The number of benzene rings is 2. The minimum atomic E-state index is -0.305. The summed E-state index contributed by atoms with van der Waals surface area (Å²) < 4.78 is 10.7. The van der Waals surface area contributed by atoms with Crippen LogP contribution < -0.4 is 10.2 Å². The van der Waals surface area contributed by atoms with Gasteiger partial charge in [-0.05, 0) is 48.7 Å². The minimum Gasteiger partial charge on any atom is -0.507 e. The Balaban J connectivity index is 2.07. The molecule has 0 saturated carbocycles. The number of rotatable bonds is 5. The molecule has 0 spiro atoms. The van der Waals surface area contributed by atoms with Crippen LogP contribution in [0.3, 0.4) is 0 Å². The van der Waals surface area contributed by atoms with Crippen LogP contribution in [0.4, 0.5) is 0 Å². The van der Waals surface area contributed by atoms with Gasteiger partial charge in [-0.1, -0.05) is 19.1 Å². The molecule has 0 bridgehead atoms. The van der Waals surface area contributed by atoms with Crippen molar-refractivity contribution >= 4 is 16.8 Å². The van der Waals surface area contributed by atoms with Crippen molar-refractivity contribution in [1.29, 1.82) is 0 Å². The van der Waals surface area contributed by atoms with Gasteiger partial charge in [0.1, 0.15) is 34.5 Å². The van der Waals surface area contributed by atoms with Crippen molar-refractivity contribution in [3.8, 4) is 22.6 Å². The normalized spacial score (nSPS) is 12.1. The number of hydrogen-bond acceptors (Lipinski definition) is 5. The molecule has 1 aromatic heterocycles. The Labute approximate surface area is 150 Å². The molecule has 0 aliphatic heterocycles. The van der Waals surface area contributed by atoms with E-state index >= 15 is 0 Å². The van der Waals surface area contributed by atoms with Gasteiger partial charge in [0, 0.05) is 5.92 Å². The van der Waals surface area contributed by atoms with Crippen molar-refractivity contribution < 1.29 is 19.1 Å². The standard InChI is InChI=1S/C21H20O5/c1-12(13(2)22)8-14-9-18(23)20-19(10-14)26-11-17(21(20)24)15-4-6-16(25-3)7-5-15/h4-7,9-12,23H,8H2,1-3H3. The lowest BCUT2D eigenvalue weighted by Crippen LogP contribution is -2.10. The predicted octanol–water partition coefficient (Wildman–Crippen LogP) is 3.94. The summed E-state index contributed by atoms with van der Waals surface area (Å²) in [4.78, 5) is 24.3. The van der Waals surface area contributed by atoms with E-state index in [0.717, 1.165) is 5.56 Å². The Morgan fingerprint density at radius 3 is 2.54 bits per heavy atom. The van der Waals surface area contributed by atoms with Crippen LogP contribution in [-0.4, -0.2) is 18.0 Å². The van der Waals surface area contributed by atoms with Crippen LogP contribution in [0.2, 0.25) is 0 Å². The highest BCUT2D eigenvalue weighted by Crippen LogP contribution is 2.28. The molecule has 0 aliphatic carbocycles. The van der Waals surface area contributed by atoms with E-state index in [9.17, 15) is 14.7 Å². The summed E-state index contributed by atoms with van der Waals surface area (Å²) in [6, 6.07) is 10.3. The number of ether oxygens (including phenoxy) is 1. The van der Waals surface area contributed by atoms with E-state index in [1.54, 1.807) is 37.4 Å². The van der Waals surface area contributed by atoms with Crippen LogP contribution >= 0.6 is 0 Å². The number of methoxy groups -OCH3 is 1. The summed E-state index contributed by atoms with van der Waals surface area (Å²) in [7, 11) is 1.57. The maximum absolute atomic E-state index is 12.8.